The van der Waals surface area contributed by atoms with Gasteiger partial charge in [0.25, 0.3) is 0 Å². The molecule has 3 rings (SSSR count). The maximum Gasteiger partial charge on any atom is 0.224 e. The van der Waals surface area contributed by atoms with E-state index in [9.17, 15) is 0 Å². The minimum Gasteiger partial charge on any atom is -0.312 e. The molecule has 0 bridgehead atoms. The van der Waals surface area contributed by atoms with Crippen LogP contribution in [0, 0.1) is 0 Å². The SMILES string of the molecule is C/C(=N\Nc1nc2ccccc2n1C)c1ncccn1. The van der Waals surface area contributed by atoms with E-state index in [-0.39, 0.29) is 0 Å². The van der Waals surface area contributed by atoms with Crippen molar-refractivity contribution in [3.8, 4) is 0 Å². The highest BCUT2D eigenvalue weighted by Gasteiger charge is 2.06. The predicted molar refractivity (Wildman–Crippen MR) is 78.6 cm³/mol. The summed E-state index contributed by atoms with van der Waals surface area (Å²) in [6, 6.07) is 9.71. The molecule has 1 N–H and O–H groups in total. The average Bonchev–Trinajstić information content (AvgIpc) is 2.83. The number of nitrogens with one attached hydrogen (secondary N) is 1. The molecular formula is C14H14N6. The fraction of sp³-hybridized carbons (Fsp3) is 0.143. The molecule has 6 nitrogen and oxygen atoms in total. The van der Waals surface area contributed by atoms with Gasteiger partial charge in [0.05, 0.1) is 11.0 Å². The molecule has 2 aromatic heterocycles. The third-order valence-electron chi connectivity index (χ3n) is 3.00. The number of imidazole rings is 1. The van der Waals surface area contributed by atoms with Gasteiger partial charge in [-0.25, -0.2) is 20.4 Å². The highest BCUT2D eigenvalue weighted by Crippen LogP contribution is 2.17. The summed E-state index contributed by atoms with van der Waals surface area (Å²) in [5.74, 6) is 1.28. The number of rotatable bonds is 3. The van der Waals surface area contributed by atoms with Gasteiger partial charge in [0.2, 0.25) is 5.95 Å². The van der Waals surface area contributed by atoms with Gasteiger partial charge in [0, 0.05) is 19.4 Å². The first-order chi connectivity index (χ1) is 9.75. The van der Waals surface area contributed by atoms with E-state index in [0.717, 1.165) is 11.0 Å². The van der Waals surface area contributed by atoms with Gasteiger partial charge in [-0.05, 0) is 25.1 Å². The first-order valence-corrected chi connectivity index (χ1v) is 6.25. The van der Waals surface area contributed by atoms with Crippen molar-refractivity contribution in [1.82, 2.24) is 19.5 Å². The Kier molecular flexibility index (Phi) is 3.12. The number of benzene rings is 1. The summed E-state index contributed by atoms with van der Waals surface area (Å²) in [5.41, 5.74) is 5.65. The number of aromatic nitrogens is 4. The van der Waals surface area contributed by atoms with Gasteiger partial charge in [-0.3, -0.25) is 0 Å². The molecule has 0 amide bonds. The van der Waals surface area contributed by atoms with Crippen molar-refractivity contribution in [2.45, 2.75) is 6.92 Å². The number of hydrogen-bond acceptors (Lipinski definition) is 5. The van der Waals surface area contributed by atoms with Gasteiger partial charge in [-0.15, -0.1) is 0 Å². The number of hydrazone groups is 1. The summed E-state index contributed by atoms with van der Waals surface area (Å²) in [7, 11) is 1.95. The van der Waals surface area contributed by atoms with Crippen LogP contribution in [0.3, 0.4) is 0 Å². The lowest BCUT2D eigenvalue weighted by atomic mass is 10.3. The highest BCUT2D eigenvalue weighted by atomic mass is 15.4. The molecule has 0 saturated heterocycles. The van der Waals surface area contributed by atoms with E-state index in [1.54, 1.807) is 18.5 Å². The summed E-state index contributed by atoms with van der Waals surface area (Å²) in [4.78, 5) is 12.8. The second-order valence-corrected chi connectivity index (χ2v) is 4.36. The van der Waals surface area contributed by atoms with E-state index in [1.807, 2.05) is 42.8 Å². The Morgan fingerprint density at radius 1 is 1.15 bits per heavy atom. The Bertz CT molecular complexity index is 760. The summed E-state index contributed by atoms with van der Waals surface area (Å²) in [6.45, 7) is 1.85. The largest absolute Gasteiger partial charge is 0.312 e. The molecule has 0 aliphatic rings. The summed E-state index contributed by atoms with van der Waals surface area (Å²) in [6.07, 6.45) is 3.38. The van der Waals surface area contributed by atoms with Crippen LogP contribution in [0.2, 0.25) is 0 Å². The van der Waals surface area contributed by atoms with Crippen molar-refractivity contribution in [3.63, 3.8) is 0 Å². The fourth-order valence-corrected chi connectivity index (χ4v) is 1.92. The molecule has 6 heteroatoms. The van der Waals surface area contributed by atoms with Crippen molar-refractivity contribution in [2.75, 3.05) is 5.43 Å². The molecule has 0 unspecified atom stereocenters. The normalized spacial score (nSPS) is 11.8. The monoisotopic (exact) mass is 266 g/mol. The van der Waals surface area contributed by atoms with Gasteiger partial charge < -0.3 is 4.57 Å². The lowest BCUT2D eigenvalue weighted by Crippen LogP contribution is -2.06. The highest BCUT2D eigenvalue weighted by molar-refractivity contribution is 5.95. The maximum absolute atomic E-state index is 4.48. The van der Waals surface area contributed by atoms with Crippen LogP contribution in [0.4, 0.5) is 5.95 Å². The minimum atomic E-state index is 0.596. The molecule has 20 heavy (non-hydrogen) atoms. The van der Waals surface area contributed by atoms with Crippen LogP contribution < -0.4 is 5.43 Å². The van der Waals surface area contributed by atoms with E-state index in [1.165, 1.54) is 0 Å². The Balaban J connectivity index is 1.89. The minimum absolute atomic E-state index is 0.596. The smallest absolute Gasteiger partial charge is 0.224 e. The number of anilines is 1. The van der Waals surface area contributed by atoms with Crippen molar-refractivity contribution >= 4 is 22.7 Å². The Morgan fingerprint density at radius 3 is 2.65 bits per heavy atom. The summed E-state index contributed by atoms with van der Waals surface area (Å²) >= 11 is 0. The predicted octanol–water partition coefficient (Wildman–Crippen LogP) is 2.20. The van der Waals surface area contributed by atoms with Crippen LogP contribution in [-0.4, -0.2) is 25.2 Å². The third kappa shape index (κ3) is 2.23. The molecule has 100 valence electrons. The van der Waals surface area contributed by atoms with Crippen molar-refractivity contribution in [1.29, 1.82) is 0 Å². The average molecular weight is 266 g/mol. The first-order valence-electron chi connectivity index (χ1n) is 6.25. The van der Waals surface area contributed by atoms with Gasteiger partial charge in [-0.2, -0.15) is 5.10 Å². The molecule has 0 atom stereocenters. The van der Waals surface area contributed by atoms with Crippen LogP contribution in [-0.2, 0) is 7.05 Å². The van der Waals surface area contributed by atoms with Gasteiger partial charge >= 0.3 is 0 Å². The number of aryl methyl sites for hydroxylation is 1. The number of para-hydroxylation sites is 2. The Morgan fingerprint density at radius 2 is 1.90 bits per heavy atom. The zero-order valence-electron chi connectivity index (χ0n) is 11.3. The molecule has 0 aliphatic carbocycles. The van der Waals surface area contributed by atoms with Crippen LogP contribution in [0.25, 0.3) is 11.0 Å². The van der Waals surface area contributed by atoms with Crippen LogP contribution in [0.1, 0.15) is 12.7 Å². The molecule has 0 saturated carbocycles. The van der Waals surface area contributed by atoms with Crippen molar-refractivity contribution in [3.05, 3.63) is 48.5 Å². The van der Waals surface area contributed by atoms with Crippen LogP contribution in [0.15, 0.2) is 47.8 Å². The topological polar surface area (TPSA) is 68.0 Å². The quantitative estimate of drug-likeness (QED) is 0.583. The first kappa shape index (κ1) is 12.3. The van der Waals surface area contributed by atoms with E-state index in [0.29, 0.717) is 17.5 Å². The van der Waals surface area contributed by atoms with E-state index in [4.69, 9.17) is 0 Å². The summed E-state index contributed by atoms with van der Waals surface area (Å²) < 4.78 is 1.96. The number of fused-ring (bicyclic) bond motifs is 1. The number of nitrogens with zero attached hydrogens (tertiary/aromatic N) is 5. The summed E-state index contributed by atoms with van der Waals surface area (Å²) in [5, 5.41) is 4.28. The lowest BCUT2D eigenvalue weighted by Gasteiger charge is -2.02. The second kappa shape index (κ2) is 5.08. The van der Waals surface area contributed by atoms with Crippen LogP contribution >= 0.6 is 0 Å². The molecule has 0 spiro atoms. The molecule has 0 fully saturated rings. The standard InChI is InChI=1S/C14H14N6/c1-10(13-15-8-5-9-16-13)18-19-14-17-11-6-3-4-7-12(11)20(14)2/h3-9H,1-2H3,(H,17,19)/b18-10+. The fourth-order valence-electron chi connectivity index (χ4n) is 1.92. The van der Waals surface area contributed by atoms with E-state index >= 15 is 0 Å². The molecule has 0 radical (unpaired) electrons. The van der Waals surface area contributed by atoms with Crippen molar-refractivity contribution < 1.29 is 0 Å². The Hall–Kier alpha value is -2.76. The second-order valence-electron chi connectivity index (χ2n) is 4.36. The van der Waals surface area contributed by atoms with Gasteiger partial charge in [0.1, 0.15) is 5.71 Å². The van der Waals surface area contributed by atoms with E-state index in [2.05, 4.69) is 25.5 Å². The molecule has 1 aromatic carbocycles. The molecule has 3 aromatic rings. The molecule has 0 aliphatic heterocycles. The lowest BCUT2D eigenvalue weighted by molar-refractivity contribution is 0.941. The maximum atomic E-state index is 4.48. The third-order valence-corrected chi connectivity index (χ3v) is 3.00. The van der Waals surface area contributed by atoms with Gasteiger partial charge in [-0.1, -0.05) is 12.1 Å². The zero-order valence-corrected chi connectivity index (χ0v) is 11.3. The van der Waals surface area contributed by atoms with Crippen LogP contribution in [0.5, 0.6) is 0 Å². The van der Waals surface area contributed by atoms with Gasteiger partial charge in [0.15, 0.2) is 5.82 Å². The molecular weight excluding hydrogens is 252 g/mol. The zero-order chi connectivity index (χ0) is 13.9. The van der Waals surface area contributed by atoms with Crippen molar-refractivity contribution in [2.24, 2.45) is 12.1 Å². The molecule has 2 heterocycles. The number of hydrogen-bond donors (Lipinski definition) is 1. The Labute approximate surface area is 116 Å². The van der Waals surface area contributed by atoms with E-state index < -0.39 is 0 Å².